The third kappa shape index (κ3) is 3.66. The number of rotatable bonds is 6. The highest BCUT2D eigenvalue weighted by molar-refractivity contribution is 6.33. The van der Waals surface area contributed by atoms with E-state index >= 15 is 0 Å². The predicted octanol–water partition coefficient (Wildman–Crippen LogP) is 4.24. The maximum atomic E-state index is 13.0. The molecule has 0 aliphatic carbocycles. The zero-order valence-corrected chi connectivity index (χ0v) is 15.0. The molecule has 2 N–H and O–H groups in total. The average Bonchev–Trinajstić information content (AvgIpc) is 3.05. The minimum atomic E-state index is -1.09. The summed E-state index contributed by atoms with van der Waals surface area (Å²) < 4.78 is 14.6. The molecule has 6 nitrogen and oxygen atoms in total. The number of nitrogens with zero attached hydrogens (tertiary/aromatic N) is 4. The minimum Gasteiger partial charge on any atom is -0.362 e. The number of hydrogen-bond acceptors (Lipinski definition) is 5. The van der Waals surface area contributed by atoms with Crippen LogP contribution >= 0.6 is 11.6 Å². The van der Waals surface area contributed by atoms with Crippen LogP contribution in [-0.4, -0.2) is 25.9 Å². The molecule has 3 aromatic rings. The predicted molar refractivity (Wildman–Crippen MR) is 97.8 cm³/mol. The number of fused-ring (bicyclic) bond motifs is 1. The van der Waals surface area contributed by atoms with Crippen molar-refractivity contribution < 1.29 is 4.39 Å². The van der Waals surface area contributed by atoms with Crippen molar-refractivity contribution in [1.29, 1.82) is 0 Å². The lowest BCUT2D eigenvalue weighted by Crippen LogP contribution is -2.13. The SMILES string of the molecule is CCc1nc2ncnn2c(N[C@@H](C)c2ccc(NC(C)F)cc2)c1Cl. The summed E-state index contributed by atoms with van der Waals surface area (Å²) in [4.78, 5) is 8.55. The molecule has 2 heterocycles. The fourth-order valence-electron chi connectivity index (χ4n) is 2.61. The van der Waals surface area contributed by atoms with Crippen molar-refractivity contribution in [2.24, 2.45) is 0 Å². The molecule has 8 heteroatoms. The van der Waals surface area contributed by atoms with Gasteiger partial charge in [-0.1, -0.05) is 30.7 Å². The lowest BCUT2D eigenvalue weighted by Gasteiger charge is -2.19. The summed E-state index contributed by atoms with van der Waals surface area (Å²) in [5.74, 6) is 1.17. The normalized spacial score (nSPS) is 13.6. The number of alkyl halides is 1. The lowest BCUT2D eigenvalue weighted by atomic mass is 10.1. The number of benzene rings is 1. The fraction of sp³-hybridized carbons (Fsp3) is 0.353. The van der Waals surface area contributed by atoms with Gasteiger partial charge in [0.2, 0.25) is 0 Å². The number of aryl methyl sites for hydroxylation is 1. The summed E-state index contributed by atoms with van der Waals surface area (Å²) in [6, 6.07) is 7.54. The van der Waals surface area contributed by atoms with Gasteiger partial charge in [0.25, 0.3) is 5.78 Å². The van der Waals surface area contributed by atoms with E-state index in [1.165, 1.54) is 13.3 Å². The van der Waals surface area contributed by atoms with Crippen molar-refractivity contribution in [3.05, 3.63) is 46.9 Å². The third-order valence-electron chi connectivity index (χ3n) is 3.90. The van der Waals surface area contributed by atoms with E-state index in [1.54, 1.807) is 4.52 Å². The van der Waals surface area contributed by atoms with Crippen molar-refractivity contribution in [2.75, 3.05) is 10.6 Å². The van der Waals surface area contributed by atoms with Crippen LogP contribution in [0.1, 0.15) is 38.1 Å². The minimum absolute atomic E-state index is 0.0335. The summed E-state index contributed by atoms with van der Waals surface area (Å²) in [6.45, 7) is 5.47. The Kier molecular flexibility index (Phi) is 5.03. The van der Waals surface area contributed by atoms with Gasteiger partial charge in [-0.15, -0.1) is 0 Å². The molecule has 0 bridgehead atoms. The van der Waals surface area contributed by atoms with Crippen LogP contribution in [0.15, 0.2) is 30.6 Å². The summed E-state index contributed by atoms with van der Waals surface area (Å²) in [7, 11) is 0. The zero-order chi connectivity index (χ0) is 18.0. The Hall–Kier alpha value is -2.41. The Morgan fingerprint density at radius 2 is 1.92 bits per heavy atom. The molecule has 1 unspecified atom stereocenters. The second-order valence-corrected chi connectivity index (χ2v) is 6.17. The van der Waals surface area contributed by atoms with E-state index in [0.29, 0.717) is 23.0 Å². The molecule has 0 saturated heterocycles. The number of hydrogen-bond donors (Lipinski definition) is 2. The number of anilines is 2. The van der Waals surface area contributed by atoms with E-state index in [9.17, 15) is 4.39 Å². The maximum Gasteiger partial charge on any atom is 0.254 e. The van der Waals surface area contributed by atoms with Crippen molar-refractivity contribution >= 4 is 28.9 Å². The van der Waals surface area contributed by atoms with Gasteiger partial charge in [0, 0.05) is 11.7 Å². The third-order valence-corrected chi connectivity index (χ3v) is 4.30. The summed E-state index contributed by atoms with van der Waals surface area (Å²) in [5, 5.41) is 10.8. The van der Waals surface area contributed by atoms with Crippen LogP contribution in [-0.2, 0) is 6.42 Å². The quantitative estimate of drug-likeness (QED) is 0.642. The second-order valence-electron chi connectivity index (χ2n) is 5.79. The summed E-state index contributed by atoms with van der Waals surface area (Å²) in [5.41, 5.74) is 2.55. The molecule has 0 aliphatic heterocycles. The Morgan fingerprint density at radius 3 is 2.56 bits per heavy atom. The fourth-order valence-corrected chi connectivity index (χ4v) is 2.92. The average molecular weight is 363 g/mol. The van der Waals surface area contributed by atoms with E-state index in [4.69, 9.17) is 11.6 Å². The molecule has 25 heavy (non-hydrogen) atoms. The standard InChI is InChI=1S/C17H20ClFN6/c1-4-14-15(18)16(25-17(24-14)20-9-21-25)22-10(2)12-5-7-13(8-6-12)23-11(3)19/h5-11,22-23H,4H2,1-3H3/t10-,11?/m0/s1. The van der Waals surface area contributed by atoms with E-state index in [-0.39, 0.29) is 6.04 Å². The van der Waals surface area contributed by atoms with Gasteiger partial charge in [-0.3, -0.25) is 0 Å². The highest BCUT2D eigenvalue weighted by atomic mass is 35.5. The zero-order valence-electron chi connectivity index (χ0n) is 14.3. The van der Waals surface area contributed by atoms with Crippen LogP contribution in [0.4, 0.5) is 15.9 Å². The van der Waals surface area contributed by atoms with Crippen molar-refractivity contribution in [2.45, 2.75) is 39.5 Å². The highest BCUT2D eigenvalue weighted by Crippen LogP contribution is 2.29. The molecule has 0 aliphatic rings. The van der Waals surface area contributed by atoms with Crippen LogP contribution in [0, 0.1) is 0 Å². The van der Waals surface area contributed by atoms with E-state index in [0.717, 1.165) is 16.9 Å². The molecule has 132 valence electrons. The summed E-state index contributed by atoms with van der Waals surface area (Å²) >= 11 is 6.49. The van der Waals surface area contributed by atoms with Gasteiger partial charge in [0.05, 0.1) is 5.69 Å². The first kappa shape index (κ1) is 17.4. The van der Waals surface area contributed by atoms with Gasteiger partial charge in [-0.05, 0) is 38.0 Å². The number of aromatic nitrogens is 4. The smallest absolute Gasteiger partial charge is 0.254 e. The van der Waals surface area contributed by atoms with Crippen LogP contribution < -0.4 is 10.6 Å². The number of halogens is 2. The summed E-state index contributed by atoms with van der Waals surface area (Å²) in [6.07, 6.45) is 1.06. The molecular formula is C17H20ClFN6. The Bertz CT molecular complexity index is 861. The molecule has 1 aromatic carbocycles. The van der Waals surface area contributed by atoms with E-state index < -0.39 is 6.30 Å². The highest BCUT2D eigenvalue weighted by Gasteiger charge is 2.16. The topological polar surface area (TPSA) is 67.1 Å². The van der Waals surface area contributed by atoms with Crippen molar-refractivity contribution in [1.82, 2.24) is 19.6 Å². The molecule has 2 aromatic heterocycles. The Balaban J connectivity index is 1.88. The first-order chi connectivity index (χ1) is 12.0. The largest absolute Gasteiger partial charge is 0.362 e. The van der Waals surface area contributed by atoms with Gasteiger partial charge < -0.3 is 10.6 Å². The van der Waals surface area contributed by atoms with Gasteiger partial charge in [0.15, 0.2) is 12.1 Å². The second kappa shape index (κ2) is 7.23. The van der Waals surface area contributed by atoms with Crippen molar-refractivity contribution in [3.8, 4) is 0 Å². The monoisotopic (exact) mass is 362 g/mol. The maximum absolute atomic E-state index is 13.0. The molecule has 0 saturated carbocycles. The first-order valence-electron chi connectivity index (χ1n) is 8.14. The molecule has 3 rings (SSSR count). The molecule has 0 radical (unpaired) electrons. The van der Waals surface area contributed by atoms with Crippen LogP contribution in [0.5, 0.6) is 0 Å². The molecule has 0 amide bonds. The molecule has 0 fully saturated rings. The van der Waals surface area contributed by atoms with Crippen LogP contribution in [0.3, 0.4) is 0 Å². The molecular weight excluding hydrogens is 343 g/mol. The Morgan fingerprint density at radius 1 is 1.20 bits per heavy atom. The molecule has 0 spiro atoms. The van der Waals surface area contributed by atoms with E-state index in [2.05, 4.69) is 25.7 Å². The van der Waals surface area contributed by atoms with Gasteiger partial charge >= 0.3 is 0 Å². The van der Waals surface area contributed by atoms with Crippen LogP contribution in [0.25, 0.3) is 5.78 Å². The van der Waals surface area contributed by atoms with Gasteiger partial charge in [-0.2, -0.15) is 14.6 Å². The lowest BCUT2D eigenvalue weighted by molar-refractivity contribution is 0.402. The van der Waals surface area contributed by atoms with Crippen LogP contribution in [0.2, 0.25) is 5.02 Å². The Labute approximate surface area is 150 Å². The van der Waals surface area contributed by atoms with E-state index in [1.807, 2.05) is 38.1 Å². The van der Waals surface area contributed by atoms with Gasteiger partial charge in [0.1, 0.15) is 11.3 Å². The number of nitrogens with one attached hydrogen (secondary N) is 2. The van der Waals surface area contributed by atoms with Gasteiger partial charge in [-0.25, -0.2) is 9.37 Å². The van der Waals surface area contributed by atoms with Crippen molar-refractivity contribution in [3.63, 3.8) is 0 Å². The first-order valence-corrected chi connectivity index (χ1v) is 8.52. The molecule has 2 atom stereocenters.